The molecule has 21 heavy (non-hydrogen) atoms. The summed E-state index contributed by atoms with van der Waals surface area (Å²) in [7, 11) is 4.11. The molecule has 0 aliphatic rings. The van der Waals surface area contributed by atoms with Crippen molar-refractivity contribution in [2.24, 2.45) is 0 Å². The molecule has 0 spiro atoms. The van der Waals surface area contributed by atoms with Gasteiger partial charge in [-0.3, -0.25) is 9.78 Å². The molecule has 2 rings (SSSR count). The summed E-state index contributed by atoms with van der Waals surface area (Å²) < 4.78 is 0. The Morgan fingerprint density at radius 2 is 1.95 bits per heavy atom. The lowest BCUT2D eigenvalue weighted by Gasteiger charge is -2.09. The number of hydrogen-bond acceptors (Lipinski definition) is 3. The van der Waals surface area contributed by atoms with E-state index in [0.717, 1.165) is 30.8 Å². The Labute approximate surface area is 125 Å². The van der Waals surface area contributed by atoms with E-state index in [9.17, 15) is 4.79 Å². The number of rotatable bonds is 6. The Bertz CT molecular complexity index is 582. The van der Waals surface area contributed by atoms with Crippen molar-refractivity contribution in [1.29, 1.82) is 0 Å². The number of carbonyl (C=O) groups is 1. The van der Waals surface area contributed by atoms with Crippen molar-refractivity contribution in [2.45, 2.75) is 12.8 Å². The van der Waals surface area contributed by atoms with Crippen molar-refractivity contribution >= 4 is 11.6 Å². The predicted octanol–water partition coefficient (Wildman–Crippen LogP) is 2.83. The Hall–Kier alpha value is -2.20. The highest BCUT2D eigenvalue weighted by Gasteiger charge is 2.07. The normalized spacial score (nSPS) is 10.6. The Balaban J connectivity index is 1.98. The van der Waals surface area contributed by atoms with Crippen molar-refractivity contribution in [3.8, 4) is 0 Å². The first-order valence-corrected chi connectivity index (χ1v) is 7.11. The number of amides is 1. The Morgan fingerprint density at radius 1 is 1.19 bits per heavy atom. The molecule has 110 valence electrons. The Kier molecular flexibility index (Phi) is 5.46. The van der Waals surface area contributed by atoms with E-state index in [2.05, 4.69) is 29.3 Å². The largest absolute Gasteiger partial charge is 0.322 e. The third kappa shape index (κ3) is 5.00. The van der Waals surface area contributed by atoms with Crippen molar-refractivity contribution in [2.75, 3.05) is 26.0 Å². The maximum absolute atomic E-state index is 12.2. The van der Waals surface area contributed by atoms with Crippen LogP contribution >= 0.6 is 0 Å². The van der Waals surface area contributed by atoms with Crippen LogP contribution in [0, 0.1) is 0 Å². The molecule has 0 fully saturated rings. The first-order chi connectivity index (χ1) is 10.1. The Morgan fingerprint density at radius 3 is 2.67 bits per heavy atom. The van der Waals surface area contributed by atoms with Gasteiger partial charge >= 0.3 is 0 Å². The lowest BCUT2D eigenvalue weighted by Crippen LogP contribution is -2.14. The second kappa shape index (κ2) is 7.55. The van der Waals surface area contributed by atoms with Crippen LogP contribution in [0.15, 0.2) is 48.7 Å². The monoisotopic (exact) mass is 283 g/mol. The summed E-state index contributed by atoms with van der Waals surface area (Å²) in [6.07, 6.45) is 3.61. The van der Waals surface area contributed by atoms with E-state index in [1.807, 2.05) is 36.4 Å². The van der Waals surface area contributed by atoms with Crippen LogP contribution in [0.2, 0.25) is 0 Å². The fraction of sp³-hybridized carbons (Fsp3) is 0.294. The molecule has 4 nitrogen and oxygen atoms in total. The van der Waals surface area contributed by atoms with E-state index in [-0.39, 0.29) is 5.91 Å². The van der Waals surface area contributed by atoms with Crippen molar-refractivity contribution in [1.82, 2.24) is 9.88 Å². The third-order valence-corrected chi connectivity index (χ3v) is 3.15. The minimum absolute atomic E-state index is 0.0996. The van der Waals surface area contributed by atoms with E-state index in [1.54, 1.807) is 12.3 Å². The molecule has 1 N–H and O–H groups in total. The first-order valence-electron chi connectivity index (χ1n) is 7.11. The van der Waals surface area contributed by atoms with Crippen molar-refractivity contribution in [3.63, 3.8) is 0 Å². The molecule has 1 aromatic carbocycles. The fourth-order valence-electron chi connectivity index (χ4n) is 2.06. The summed E-state index contributed by atoms with van der Waals surface area (Å²) in [6.45, 7) is 1.02. The average molecular weight is 283 g/mol. The van der Waals surface area contributed by atoms with Gasteiger partial charge in [0.25, 0.3) is 5.91 Å². The minimum Gasteiger partial charge on any atom is -0.322 e. The van der Waals surface area contributed by atoms with E-state index < -0.39 is 0 Å². The van der Waals surface area contributed by atoms with Gasteiger partial charge in [-0.05, 0) is 57.7 Å². The molecular formula is C17H21N3O. The summed E-state index contributed by atoms with van der Waals surface area (Å²) in [4.78, 5) is 18.7. The molecule has 2 aromatic rings. The van der Waals surface area contributed by atoms with Crippen LogP contribution in [0.4, 0.5) is 5.69 Å². The minimum atomic E-state index is -0.0996. The molecule has 0 aliphatic carbocycles. The van der Waals surface area contributed by atoms with Crippen molar-refractivity contribution < 1.29 is 4.79 Å². The number of para-hydroxylation sites is 1. The summed E-state index contributed by atoms with van der Waals surface area (Å²) in [5.41, 5.74) is 2.40. The van der Waals surface area contributed by atoms with Crippen LogP contribution in [-0.4, -0.2) is 36.4 Å². The topological polar surface area (TPSA) is 45.2 Å². The van der Waals surface area contributed by atoms with Crippen LogP contribution in [-0.2, 0) is 6.42 Å². The van der Waals surface area contributed by atoms with Gasteiger partial charge in [-0.15, -0.1) is 0 Å². The molecule has 0 aliphatic heterocycles. The molecule has 0 radical (unpaired) electrons. The molecule has 1 heterocycles. The zero-order chi connectivity index (χ0) is 15.1. The van der Waals surface area contributed by atoms with Crippen LogP contribution < -0.4 is 5.32 Å². The highest BCUT2D eigenvalue weighted by molar-refractivity contribution is 6.04. The van der Waals surface area contributed by atoms with Crippen LogP contribution in [0.3, 0.4) is 0 Å². The van der Waals surface area contributed by atoms with E-state index in [4.69, 9.17) is 0 Å². The summed E-state index contributed by atoms with van der Waals surface area (Å²) in [6, 6.07) is 13.1. The summed E-state index contributed by atoms with van der Waals surface area (Å²) in [5.74, 6) is -0.0996. The fourth-order valence-corrected chi connectivity index (χ4v) is 2.06. The lowest BCUT2D eigenvalue weighted by atomic mass is 10.1. The quantitative estimate of drug-likeness (QED) is 0.886. The van der Waals surface area contributed by atoms with E-state index in [0.29, 0.717) is 5.56 Å². The van der Waals surface area contributed by atoms with Gasteiger partial charge in [-0.25, -0.2) is 0 Å². The highest BCUT2D eigenvalue weighted by atomic mass is 16.1. The zero-order valence-corrected chi connectivity index (χ0v) is 12.5. The molecule has 0 bridgehead atoms. The van der Waals surface area contributed by atoms with Gasteiger partial charge in [0.15, 0.2) is 0 Å². The number of nitrogens with one attached hydrogen (secondary N) is 1. The molecule has 1 aromatic heterocycles. The van der Waals surface area contributed by atoms with Crippen molar-refractivity contribution in [3.05, 3.63) is 59.9 Å². The van der Waals surface area contributed by atoms with Gasteiger partial charge in [-0.2, -0.15) is 0 Å². The maximum atomic E-state index is 12.2. The van der Waals surface area contributed by atoms with Gasteiger partial charge in [0.1, 0.15) is 0 Å². The third-order valence-electron chi connectivity index (χ3n) is 3.15. The van der Waals surface area contributed by atoms with Gasteiger partial charge in [0.2, 0.25) is 0 Å². The number of nitrogens with zero attached hydrogens (tertiary/aromatic N) is 2. The van der Waals surface area contributed by atoms with Gasteiger partial charge < -0.3 is 10.2 Å². The molecule has 4 heteroatoms. The number of aryl methyl sites for hydroxylation is 1. The number of aromatic nitrogens is 1. The molecular weight excluding hydrogens is 262 g/mol. The van der Waals surface area contributed by atoms with E-state index >= 15 is 0 Å². The molecule has 1 amide bonds. The second-order valence-corrected chi connectivity index (χ2v) is 5.26. The first kappa shape index (κ1) is 15.2. The number of carbonyl (C=O) groups excluding carboxylic acids is 1. The average Bonchev–Trinajstić information content (AvgIpc) is 2.48. The molecule has 0 saturated heterocycles. The second-order valence-electron chi connectivity index (χ2n) is 5.26. The predicted molar refractivity (Wildman–Crippen MR) is 85.5 cm³/mol. The highest BCUT2D eigenvalue weighted by Crippen LogP contribution is 2.10. The summed E-state index contributed by atoms with van der Waals surface area (Å²) in [5, 5.41) is 2.88. The number of benzene rings is 1. The van der Waals surface area contributed by atoms with Crippen LogP contribution in [0.5, 0.6) is 0 Å². The zero-order valence-electron chi connectivity index (χ0n) is 12.5. The number of anilines is 1. The smallest absolute Gasteiger partial charge is 0.255 e. The molecule has 0 unspecified atom stereocenters. The standard InChI is InChI=1S/C17H21N3O/c1-20(2)12-6-9-16-13-14(10-11-18-16)17(21)19-15-7-4-3-5-8-15/h3-5,7-8,10-11,13H,6,9,12H2,1-2H3,(H,19,21). The number of pyridine rings is 1. The lowest BCUT2D eigenvalue weighted by molar-refractivity contribution is 0.102. The van der Waals surface area contributed by atoms with Gasteiger partial charge in [0.05, 0.1) is 0 Å². The number of hydrogen-bond donors (Lipinski definition) is 1. The summed E-state index contributed by atoms with van der Waals surface area (Å²) >= 11 is 0. The SMILES string of the molecule is CN(C)CCCc1cc(C(=O)Nc2ccccc2)ccn1. The van der Waals surface area contributed by atoms with Gasteiger partial charge in [0, 0.05) is 23.1 Å². The van der Waals surface area contributed by atoms with Gasteiger partial charge in [-0.1, -0.05) is 18.2 Å². The van der Waals surface area contributed by atoms with Crippen LogP contribution in [0.1, 0.15) is 22.5 Å². The molecule has 0 saturated carbocycles. The van der Waals surface area contributed by atoms with E-state index in [1.165, 1.54) is 0 Å². The van der Waals surface area contributed by atoms with Crippen LogP contribution in [0.25, 0.3) is 0 Å². The maximum Gasteiger partial charge on any atom is 0.255 e. The molecule has 0 atom stereocenters.